The van der Waals surface area contributed by atoms with E-state index in [1.165, 1.54) is 17.8 Å². The molecule has 2 rings (SSSR count). The smallest absolute Gasteiger partial charge is 0.0929 e. The van der Waals surface area contributed by atoms with Crippen LogP contribution in [-0.4, -0.2) is 4.98 Å². The minimum atomic E-state index is -0.0407. The van der Waals surface area contributed by atoms with Gasteiger partial charge in [-0.05, 0) is 25.7 Å². The van der Waals surface area contributed by atoms with Gasteiger partial charge in [0.1, 0.15) is 0 Å². The van der Waals surface area contributed by atoms with Crippen molar-refractivity contribution in [2.75, 3.05) is 0 Å². The van der Waals surface area contributed by atoms with Crippen LogP contribution in [-0.2, 0) is 12.0 Å². The molecule has 1 fully saturated rings. The number of hydrogen-bond acceptors (Lipinski definition) is 3. The Morgan fingerprint density at radius 1 is 1.62 bits per heavy atom. The van der Waals surface area contributed by atoms with Crippen LogP contribution in [0.2, 0.25) is 0 Å². The van der Waals surface area contributed by atoms with E-state index < -0.39 is 0 Å². The fraction of sp³-hybridized carbons (Fsp3) is 0.700. The molecule has 1 aliphatic carbocycles. The lowest BCUT2D eigenvalue weighted by molar-refractivity contribution is 0.703. The van der Waals surface area contributed by atoms with Crippen LogP contribution in [0.5, 0.6) is 0 Å². The summed E-state index contributed by atoms with van der Waals surface area (Å²) in [4.78, 5) is 4.58. The second kappa shape index (κ2) is 3.39. The lowest BCUT2D eigenvalue weighted by atomic mass is 10.2. The summed E-state index contributed by atoms with van der Waals surface area (Å²) in [6, 6.07) is 0. The third-order valence-electron chi connectivity index (χ3n) is 2.59. The van der Waals surface area contributed by atoms with E-state index in [9.17, 15) is 0 Å². The highest BCUT2D eigenvalue weighted by Crippen LogP contribution is 2.42. The summed E-state index contributed by atoms with van der Waals surface area (Å²) in [5.41, 5.74) is 7.14. The highest BCUT2D eigenvalue weighted by Gasteiger charge is 2.42. The van der Waals surface area contributed by atoms with Crippen molar-refractivity contribution in [1.82, 2.24) is 4.98 Å². The van der Waals surface area contributed by atoms with Gasteiger partial charge in [0.05, 0.1) is 16.2 Å². The summed E-state index contributed by atoms with van der Waals surface area (Å²) >= 11 is 1.77. The number of aromatic nitrogens is 1. The normalized spacial score (nSPS) is 18.9. The first-order chi connectivity index (χ1) is 6.24. The Hall–Kier alpha value is -0.410. The molecule has 1 aromatic heterocycles. The maximum atomic E-state index is 6.05. The molecule has 0 aromatic carbocycles. The summed E-state index contributed by atoms with van der Waals surface area (Å²) in [5, 5.41) is 3.39. The number of hydrogen-bond donors (Lipinski definition) is 1. The second-order valence-electron chi connectivity index (χ2n) is 3.89. The molecule has 1 heterocycles. The predicted molar refractivity (Wildman–Crippen MR) is 55.8 cm³/mol. The Morgan fingerprint density at radius 2 is 2.38 bits per heavy atom. The highest BCUT2D eigenvalue weighted by atomic mass is 32.1. The van der Waals surface area contributed by atoms with Gasteiger partial charge in [0.25, 0.3) is 0 Å². The molecule has 0 aliphatic heterocycles. The van der Waals surface area contributed by atoms with Gasteiger partial charge in [-0.25, -0.2) is 4.98 Å². The van der Waals surface area contributed by atoms with Crippen molar-refractivity contribution in [2.45, 2.75) is 44.6 Å². The van der Waals surface area contributed by atoms with Crippen molar-refractivity contribution in [1.29, 1.82) is 0 Å². The lowest BCUT2D eigenvalue weighted by Crippen LogP contribution is -2.19. The Labute approximate surface area is 83.2 Å². The van der Waals surface area contributed by atoms with Gasteiger partial charge < -0.3 is 5.73 Å². The molecule has 0 bridgehead atoms. The van der Waals surface area contributed by atoms with Gasteiger partial charge in [0.2, 0.25) is 0 Å². The van der Waals surface area contributed by atoms with E-state index in [-0.39, 0.29) is 5.54 Å². The highest BCUT2D eigenvalue weighted by molar-refractivity contribution is 7.09. The predicted octanol–water partition coefficient (Wildman–Crippen LogP) is 2.43. The Bertz CT molecular complexity index is 289. The summed E-state index contributed by atoms with van der Waals surface area (Å²) in [6.45, 7) is 2.21. The maximum Gasteiger partial charge on any atom is 0.0929 e. The molecule has 1 saturated carbocycles. The molecular formula is C10H16N2S. The van der Waals surface area contributed by atoms with Crippen LogP contribution < -0.4 is 5.73 Å². The van der Waals surface area contributed by atoms with Gasteiger partial charge in [0, 0.05) is 5.38 Å². The number of nitrogens with zero attached hydrogens (tertiary/aromatic N) is 1. The van der Waals surface area contributed by atoms with E-state index in [0.29, 0.717) is 0 Å². The summed E-state index contributed by atoms with van der Waals surface area (Å²) < 4.78 is 0. The molecule has 3 heteroatoms. The van der Waals surface area contributed by atoms with E-state index in [4.69, 9.17) is 5.73 Å². The third kappa shape index (κ3) is 1.92. The third-order valence-corrected chi connectivity index (χ3v) is 3.50. The SMILES string of the molecule is CCCCc1nc(C2(N)CC2)cs1. The average molecular weight is 196 g/mol. The number of rotatable bonds is 4. The van der Waals surface area contributed by atoms with Crippen LogP contribution in [0.25, 0.3) is 0 Å². The Morgan fingerprint density at radius 3 is 3.00 bits per heavy atom. The van der Waals surface area contributed by atoms with Gasteiger partial charge in [0.15, 0.2) is 0 Å². The zero-order valence-electron chi connectivity index (χ0n) is 8.05. The molecule has 0 atom stereocenters. The van der Waals surface area contributed by atoms with Crippen molar-refractivity contribution >= 4 is 11.3 Å². The molecule has 0 saturated heterocycles. The van der Waals surface area contributed by atoms with Crippen molar-refractivity contribution < 1.29 is 0 Å². The molecule has 0 spiro atoms. The van der Waals surface area contributed by atoms with Crippen molar-refractivity contribution in [3.8, 4) is 0 Å². The van der Waals surface area contributed by atoms with Gasteiger partial charge in [-0.2, -0.15) is 0 Å². The first kappa shape index (κ1) is 9.16. The quantitative estimate of drug-likeness (QED) is 0.803. The van der Waals surface area contributed by atoms with Crippen LogP contribution in [0.1, 0.15) is 43.3 Å². The molecule has 0 unspecified atom stereocenters. The van der Waals surface area contributed by atoms with E-state index >= 15 is 0 Å². The second-order valence-corrected chi connectivity index (χ2v) is 4.83. The number of thiazole rings is 1. The maximum absolute atomic E-state index is 6.05. The molecule has 2 nitrogen and oxygen atoms in total. The molecule has 1 aromatic rings. The van der Waals surface area contributed by atoms with Crippen molar-refractivity contribution in [3.63, 3.8) is 0 Å². The zero-order chi connectivity index (χ0) is 9.31. The average Bonchev–Trinajstić information content (AvgIpc) is 2.69. The van der Waals surface area contributed by atoms with Crippen LogP contribution in [0, 0.1) is 0 Å². The Balaban J connectivity index is 2.01. The standard InChI is InChI=1S/C10H16N2S/c1-2-3-4-9-12-8(7-13-9)10(11)5-6-10/h7H,2-6,11H2,1H3. The van der Waals surface area contributed by atoms with Gasteiger partial charge in [-0.15, -0.1) is 11.3 Å². The first-order valence-electron chi connectivity index (χ1n) is 4.98. The number of unbranched alkanes of at least 4 members (excludes halogenated alkanes) is 1. The van der Waals surface area contributed by atoms with E-state index in [1.807, 2.05) is 0 Å². The fourth-order valence-corrected chi connectivity index (χ4v) is 2.32. The van der Waals surface area contributed by atoms with Crippen molar-refractivity contribution in [2.24, 2.45) is 5.73 Å². The monoisotopic (exact) mass is 196 g/mol. The van der Waals surface area contributed by atoms with E-state index in [2.05, 4.69) is 17.3 Å². The topological polar surface area (TPSA) is 38.9 Å². The molecule has 0 radical (unpaired) electrons. The number of aryl methyl sites for hydroxylation is 1. The summed E-state index contributed by atoms with van der Waals surface area (Å²) in [6.07, 6.45) is 5.83. The molecular weight excluding hydrogens is 180 g/mol. The minimum absolute atomic E-state index is 0.0407. The largest absolute Gasteiger partial charge is 0.320 e. The van der Waals surface area contributed by atoms with E-state index in [1.54, 1.807) is 11.3 Å². The minimum Gasteiger partial charge on any atom is -0.320 e. The van der Waals surface area contributed by atoms with Gasteiger partial charge >= 0.3 is 0 Å². The molecule has 2 N–H and O–H groups in total. The zero-order valence-corrected chi connectivity index (χ0v) is 8.86. The molecule has 0 amide bonds. The van der Waals surface area contributed by atoms with Crippen LogP contribution in [0.4, 0.5) is 0 Å². The lowest BCUT2D eigenvalue weighted by Gasteiger charge is -2.01. The van der Waals surface area contributed by atoms with Crippen molar-refractivity contribution in [3.05, 3.63) is 16.1 Å². The molecule has 1 aliphatic rings. The summed E-state index contributed by atoms with van der Waals surface area (Å²) in [5.74, 6) is 0. The van der Waals surface area contributed by atoms with Gasteiger partial charge in [-0.1, -0.05) is 13.3 Å². The van der Waals surface area contributed by atoms with Crippen LogP contribution in [0.15, 0.2) is 5.38 Å². The molecule has 13 heavy (non-hydrogen) atoms. The van der Waals surface area contributed by atoms with E-state index in [0.717, 1.165) is 25.0 Å². The van der Waals surface area contributed by atoms with Crippen LogP contribution >= 0.6 is 11.3 Å². The van der Waals surface area contributed by atoms with Crippen LogP contribution in [0.3, 0.4) is 0 Å². The molecule has 72 valence electrons. The van der Waals surface area contributed by atoms with Gasteiger partial charge in [-0.3, -0.25) is 0 Å². The fourth-order valence-electron chi connectivity index (χ4n) is 1.37. The first-order valence-corrected chi connectivity index (χ1v) is 5.86. The number of nitrogens with two attached hydrogens (primary N) is 1. The Kier molecular flexibility index (Phi) is 2.39. The summed E-state index contributed by atoms with van der Waals surface area (Å²) in [7, 11) is 0.